The van der Waals surface area contributed by atoms with E-state index in [2.05, 4.69) is 45.4 Å². The minimum Gasteiger partial charge on any atom is -0.354 e. The van der Waals surface area contributed by atoms with E-state index in [1.165, 1.54) is 24.8 Å². The molecule has 0 bridgehead atoms. The second-order valence-corrected chi connectivity index (χ2v) is 9.69. The fourth-order valence-corrected chi connectivity index (χ4v) is 5.26. The van der Waals surface area contributed by atoms with Crippen molar-refractivity contribution >= 4 is 22.9 Å². The lowest BCUT2D eigenvalue weighted by atomic mass is 9.95. The fraction of sp³-hybridized carbons (Fsp3) is 0.538. The van der Waals surface area contributed by atoms with Crippen LogP contribution in [0.15, 0.2) is 36.7 Å². The van der Waals surface area contributed by atoms with E-state index in [0.29, 0.717) is 13.1 Å². The van der Waals surface area contributed by atoms with E-state index >= 15 is 0 Å². The molecule has 2 aliphatic heterocycles. The Labute approximate surface area is 195 Å². The van der Waals surface area contributed by atoms with Gasteiger partial charge in [-0.05, 0) is 45.1 Å². The van der Waals surface area contributed by atoms with Gasteiger partial charge in [-0.15, -0.1) is 0 Å². The van der Waals surface area contributed by atoms with E-state index < -0.39 is 0 Å². The van der Waals surface area contributed by atoms with Crippen LogP contribution < -0.4 is 4.90 Å². The number of piperidine rings is 1. The highest BCUT2D eigenvalue weighted by atomic mass is 16.2. The Kier molecular flexibility index (Phi) is 6.29. The molecular formula is C26H34N6O. The quantitative estimate of drug-likeness (QED) is 0.587. The number of carbonyl (C=O) groups excluding carboxylic acids is 1. The monoisotopic (exact) mass is 446 g/mol. The van der Waals surface area contributed by atoms with Gasteiger partial charge in [0.1, 0.15) is 12.2 Å². The molecule has 0 N–H and O–H groups in total. The molecule has 0 unspecified atom stereocenters. The molecule has 3 aromatic rings. The maximum absolute atomic E-state index is 13.6. The Morgan fingerprint density at radius 2 is 1.94 bits per heavy atom. The largest absolute Gasteiger partial charge is 0.354 e. The summed E-state index contributed by atoms with van der Waals surface area (Å²) in [7, 11) is 0. The van der Waals surface area contributed by atoms with Crippen LogP contribution in [0.4, 0.5) is 5.82 Å². The van der Waals surface area contributed by atoms with E-state index in [0.717, 1.165) is 55.2 Å². The van der Waals surface area contributed by atoms with Crippen LogP contribution in [0.2, 0.25) is 0 Å². The maximum Gasteiger partial charge on any atom is 0.228 e. The molecule has 1 fully saturated rings. The van der Waals surface area contributed by atoms with Gasteiger partial charge in [0.05, 0.1) is 5.92 Å². The predicted molar refractivity (Wildman–Crippen MR) is 130 cm³/mol. The molecule has 7 heteroatoms. The number of hydrogen-bond acceptors (Lipinski definition) is 5. The molecule has 1 amide bonds. The van der Waals surface area contributed by atoms with E-state index in [4.69, 9.17) is 4.98 Å². The normalized spacial score (nSPS) is 18.9. The van der Waals surface area contributed by atoms with Crippen molar-refractivity contribution in [1.29, 1.82) is 0 Å². The van der Waals surface area contributed by atoms with Crippen molar-refractivity contribution in [2.24, 2.45) is 5.92 Å². The number of fused-ring (bicyclic) bond motifs is 3. The van der Waals surface area contributed by atoms with Crippen LogP contribution in [0.1, 0.15) is 57.3 Å². The average molecular weight is 447 g/mol. The van der Waals surface area contributed by atoms with Crippen molar-refractivity contribution in [2.45, 2.75) is 71.5 Å². The summed E-state index contributed by atoms with van der Waals surface area (Å²) in [6, 6.07) is 10.4. The number of benzene rings is 1. The molecule has 4 heterocycles. The summed E-state index contributed by atoms with van der Waals surface area (Å²) in [4.78, 5) is 32.1. The number of rotatable bonds is 5. The number of hydrogen-bond donors (Lipinski definition) is 0. The Bertz CT molecular complexity index is 1110. The highest BCUT2D eigenvalue weighted by molar-refractivity contribution is 5.85. The van der Waals surface area contributed by atoms with Crippen molar-refractivity contribution in [1.82, 2.24) is 24.4 Å². The number of nitrogens with zero attached hydrogens (tertiary/aromatic N) is 6. The molecular weight excluding hydrogens is 412 g/mol. The zero-order valence-corrected chi connectivity index (χ0v) is 19.8. The van der Waals surface area contributed by atoms with Gasteiger partial charge in [0.15, 0.2) is 17.0 Å². The minimum atomic E-state index is -0.0321. The molecule has 33 heavy (non-hydrogen) atoms. The first kappa shape index (κ1) is 21.9. The van der Waals surface area contributed by atoms with Crippen molar-refractivity contribution in [3.05, 3.63) is 48.0 Å². The minimum absolute atomic E-state index is 0.0321. The standard InChI is InChI=1S/C26H34N6O/c1-19(2)32(16-20-10-5-3-6-11-20)26(33)21-12-9-14-30(17-21)24-23-25(28-18-27-24)31-15-8-4-7-13-22(31)29-23/h3,5-6,10-11,18-19,21H,4,7-9,12-17H2,1-2H3/t21-/m1/s1. The maximum atomic E-state index is 13.6. The van der Waals surface area contributed by atoms with Gasteiger partial charge in [-0.2, -0.15) is 0 Å². The van der Waals surface area contributed by atoms with Crippen LogP contribution in [0.5, 0.6) is 0 Å². The molecule has 5 rings (SSSR count). The molecule has 0 radical (unpaired) electrons. The lowest BCUT2D eigenvalue weighted by Gasteiger charge is -2.37. The molecule has 2 aromatic heterocycles. The fourth-order valence-electron chi connectivity index (χ4n) is 5.26. The Hall–Kier alpha value is -2.96. The van der Waals surface area contributed by atoms with Crippen molar-refractivity contribution in [2.75, 3.05) is 18.0 Å². The summed E-state index contributed by atoms with van der Waals surface area (Å²) in [5.41, 5.74) is 3.01. The van der Waals surface area contributed by atoms with Crippen molar-refractivity contribution in [3.8, 4) is 0 Å². The molecule has 0 aliphatic carbocycles. The van der Waals surface area contributed by atoms with Crippen LogP contribution in [0.3, 0.4) is 0 Å². The topological polar surface area (TPSA) is 67.2 Å². The van der Waals surface area contributed by atoms with Crippen LogP contribution in [-0.2, 0) is 24.3 Å². The number of anilines is 1. The first-order valence-corrected chi connectivity index (χ1v) is 12.4. The average Bonchev–Trinajstić information content (AvgIpc) is 3.03. The van der Waals surface area contributed by atoms with Crippen molar-refractivity contribution in [3.63, 3.8) is 0 Å². The molecule has 7 nitrogen and oxygen atoms in total. The van der Waals surface area contributed by atoms with Gasteiger partial charge in [0, 0.05) is 38.6 Å². The summed E-state index contributed by atoms with van der Waals surface area (Å²) in [6.07, 6.45) is 8.16. The molecule has 1 aromatic carbocycles. The van der Waals surface area contributed by atoms with Gasteiger partial charge in [0.25, 0.3) is 0 Å². The Balaban J connectivity index is 1.38. The highest BCUT2D eigenvalue weighted by Gasteiger charge is 2.32. The molecule has 0 saturated carbocycles. The summed E-state index contributed by atoms with van der Waals surface area (Å²) in [5, 5.41) is 0. The second-order valence-electron chi connectivity index (χ2n) is 9.69. The summed E-state index contributed by atoms with van der Waals surface area (Å²) in [6.45, 7) is 7.43. The zero-order chi connectivity index (χ0) is 22.8. The van der Waals surface area contributed by atoms with Crippen LogP contribution in [0.25, 0.3) is 11.2 Å². The summed E-state index contributed by atoms with van der Waals surface area (Å²) < 4.78 is 2.28. The Morgan fingerprint density at radius 1 is 1.09 bits per heavy atom. The van der Waals surface area contributed by atoms with Crippen LogP contribution >= 0.6 is 0 Å². The van der Waals surface area contributed by atoms with E-state index in [9.17, 15) is 4.79 Å². The smallest absolute Gasteiger partial charge is 0.228 e. The van der Waals surface area contributed by atoms with Gasteiger partial charge in [-0.3, -0.25) is 4.79 Å². The number of aromatic nitrogens is 4. The van der Waals surface area contributed by atoms with Crippen LogP contribution in [0, 0.1) is 5.92 Å². The first-order chi connectivity index (χ1) is 16.1. The molecule has 1 atom stereocenters. The third-order valence-electron chi connectivity index (χ3n) is 7.05. The predicted octanol–water partition coefficient (Wildman–Crippen LogP) is 4.21. The number of carbonyl (C=O) groups is 1. The number of aryl methyl sites for hydroxylation is 2. The third-order valence-corrected chi connectivity index (χ3v) is 7.05. The first-order valence-electron chi connectivity index (χ1n) is 12.4. The molecule has 0 spiro atoms. The van der Waals surface area contributed by atoms with E-state index in [1.807, 2.05) is 23.1 Å². The SMILES string of the molecule is CC(C)N(Cc1ccccc1)C(=O)[C@@H]1CCCN(c2ncnc3c2nc2n3CCCCC2)C1. The van der Waals surface area contributed by atoms with Gasteiger partial charge >= 0.3 is 0 Å². The molecule has 174 valence electrons. The van der Waals surface area contributed by atoms with E-state index in [1.54, 1.807) is 6.33 Å². The van der Waals surface area contributed by atoms with Crippen LogP contribution in [-0.4, -0.2) is 49.5 Å². The third kappa shape index (κ3) is 4.45. The summed E-state index contributed by atoms with van der Waals surface area (Å²) >= 11 is 0. The molecule has 1 saturated heterocycles. The molecule has 2 aliphatic rings. The van der Waals surface area contributed by atoms with Gasteiger partial charge < -0.3 is 14.4 Å². The number of imidazole rings is 1. The highest BCUT2D eigenvalue weighted by Crippen LogP contribution is 2.30. The Morgan fingerprint density at radius 3 is 2.76 bits per heavy atom. The van der Waals surface area contributed by atoms with Gasteiger partial charge in [-0.25, -0.2) is 15.0 Å². The van der Waals surface area contributed by atoms with E-state index in [-0.39, 0.29) is 17.9 Å². The van der Waals surface area contributed by atoms with Crippen molar-refractivity contribution < 1.29 is 4.79 Å². The zero-order valence-electron chi connectivity index (χ0n) is 19.8. The summed E-state index contributed by atoms with van der Waals surface area (Å²) in [5.74, 6) is 2.22. The lowest BCUT2D eigenvalue weighted by Crippen LogP contribution is -2.47. The number of amides is 1. The second kappa shape index (κ2) is 9.49. The van der Waals surface area contributed by atoms with Gasteiger partial charge in [0.2, 0.25) is 5.91 Å². The van der Waals surface area contributed by atoms with Gasteiger partial charge in [-0.1, -0.05) is 36.8 Å². The lowest BCUT2D eigenvalue weighted by molar-refractivity contribution is -0.138.